The number of amides is 1. The average molecular weight is 526 g/mol. The molecule has 0 aliphatic rings. The number of hydrogen-bond acceptors (Lipinski definition) is 6. The number of carbonyl (C=O) groups is 1. The number of nitrogens with one attached hydrogen (secondary N) is 1. The van der Waals surface area contributed by atoms with Crippen molar-refractivity contribution in [2.24, 2.45) is 5.10 Å². The molecule has 0 aliphatic heterocycles. The van der Waals surface area contributed by atoms with Crippen molar-refractivity contribution in [1.82, 2.24) is 20.2 Å². The van der Waals surface area contributed by atoms with Gasteiger partial charge < -0.3 is 4.74 Å². The smallest absolute Gasteiger partial charge is 0.250 e. The van der Waals surface area contributed by atoms with Gasteiger partial charge in [0, 0.05) is 16.8 Å². The molecule has 1 amide bonds. The van der Waals surface area contributed by atoms with Crippen molar-refractivity contribution in [1.29, 1.82) is 0 Å². The minimum atomic E-state index is -0.308. The fourth-order valence-electron chi connectivity index (χ4n) is 3.19. The molecule has 1 heterocycles. The molecule has 35 heavy (non-hydrogen) atoms. The Morgan fingerprint density at radius 2 is 1.74 bits per heavy atom. The highest BCUT2D eigenvalue weighted by molar-refractivity contribution is 7.99. The molecule has 4 rings (SSSR count). The third-order valence-electron chi connectivity index (χ3n) is 4.79. The van der Waals surface area contributed by atoms with Crippen LogP contribution in [0, 0.1) is 0 Å². The van der Waals surface area contributed by atoms with Crippen LogP contribution in [0.25, 0.3) is 17.1 Å². The average Bonchev–Trinajstić information content (AvgIpc) is 3.30. The molecular formula is C25H21Cl2N5O2S. The molecule has 0 aliphatic carbocycles. The van der Waals surface area contributed by atoms with E-state index < -0.39 is 0 Å². The Balaban J connectivity index is 1.52. The summed E-state index contributed by atoms with van der Waals surface area (Å²) in [5.41, 5.74) is 4.79. The fourth-order valence-corrected chi connectivity index (χ4v) is 4.43. The van der Waals surface area contributed by atoms with Crippen LogP contribution in [0.3, 0.4) is 0 Å². The molecule has 3 aromatic carbocycles. The highest BCUT2D eigenvalue weighted by Crippen LogP contribution is 2.29. The molecule has 0 saturated heterocycles. The Hall–Kier alpha value is -3.33. The monoisotopic (exact) mass is 525 g/mol. The first-order chi connectivity index (χ1) is 17.1. The first-order valence-electron chi connectivity index (χ1n) is 10.7. The lowest BCUT2D eigenvalue weighted by Gasteiger charge is -2.11. The number of nitrogens with zero attached hydrogens (tertiary/aromatic N) is 4. The summed E-state index contributed by atoms with van der Waals surface area (Å²) in [6, 6.07) is 22.5. The molecule has 7 nitrogen and oxygen atoms in total. The number of carbonyl (C=O) groups excluding carboxylic acids is 1. The second kappa shape index (κ2) is 11.9. The van der Waals surface area contributed by atoms with Crippen LogP contribution in [0.15, 0.2) is 83.1 Å². The van der Waals surface area contributed by atoms with Gasteiger partial charge in [0.25, 0.3) is 5.91 Å². The first kappa shape index (κ1) is 24.8. The first-order valence-corrected chi connectivity index (χ1v) is 12.4. The number of aromatic nitrogens is 3. The lowest BCUT2D eigenvalue weighted by Crippen LogP contribution is -2.20. The van der Waals surface area contributed by atoms with Gasteiger partial charge in [-0.25, -0.2) is 5.43 Å². The number of halogens is 2. The van der Waals surface area contributed by atoms with E-state index in [0.717, 1.165) is 17.0 Å². The summed E-state index contributed by atoms with van der Waals surface area (Å²) in [5, 5.41) is 14.2. The standard InChI is InChI=1S/C25H21Cl2N5O2S/c1-2-34-19-13-11-18(12-14-19)32-24(17-7-4-3-5-8-17)30-31-25(32)35-16-23(33)29-28-15-20-21(26)9-6-10-22(20)27/h3-15H,2,16H2,1H3,(H,29,33). The summed E-state index contributed by atoms with van der Waals surface area (Å²) in [4.78, 5) is 12.4. The number of rotatable bonds is 9. The Labute approximate surface area is 217 Å². The SMILES string of the molecule is CCOc1ccc(-n2c(SCC(=O)NN=Cc3c(Cl)cccc3Cl)nnc2-c2ccccc2)cc1. The summed E-state index contributed by atoms with van der Waals surface area (Å²) >= 11 is 13.5. The van der Waals surface area contributed by atoms with E-state index in [1.807, 2.05) is 66.1 Å². The van der Waals surface area contributed by atoms with Crippen molar-refractivity contribution in [2.75, 3.05) is 12.4 Å². The zero-order valence-electron chi connectivity index (χ0n) is 18.7. The van der Waals surface area contributed by atoms with Gasteiger partial charge >= 0.3 is 0 Å². The van der Waals surface area contributed by atoms with Crippen LogP contribution in [-0.4, -0.2) is 39.2 Å². The lowest BCUT2D eigenvalue weighted by molar-refractivity contribution is -0.118. The van der Waals surface area contributed by atoms with Gasteiger partial charge in [0.05, 0.1) is 28.6 Å². The molecule has 4 aromatic rings. The number of benzene rings is 3. The fraction of sp³-hybridized carbons (Fsp3) is 0.120. The van der Waals surface area contributed by atoms with E-state index in [0.29, 0.717) is 33.2 Å². The molecule has 0 fully saturated rings. The number of ether oxygens (including phenoxy) is 1. The van der Waals surface area contributed by atoms with Gasteiger partial charge in [0.2, 0.25) is 0 Å². The van der Waals surface area contributed by atoms with Crippen LogP contribution in [-0.2, 0) is 4.79 Å². The van der Waals surface area contributed by atoms with E-state index in [2.05, 4.69) is 20.7 Å². The lowest BCUT2D eigenvalue weighted by atomic mass is 10.2. The van der Waals surface area contributed by atoms with E-state index in [-0.39, 0.29) is 11.7 Å². The normalized spacial score (nSPS) is 11.1. The van der Waals surface area contributed by atoms with Crippen LogP contribution in [0.1, 0.15) is 12.5 Å². The third-order valence-corrected chi connectivity index (χ3v) is 6.37. The zero-order chi connectivity index (χ0) is 24.6. The van der Waals surface area contributed by atoms with E-state index in [1.54, 1.807) is 18.2 Å². The summed E-state index contributed by atoms with van der Waals surface area (Å²) in [6.45, 7) is 2.52. The van der Waals surface area contributed by atoms with Crippen LogP contribution in [0.5, 0.6) is 5.75 Å². The van der Waals surface area contributed by atoms with Crippen molar-refractivity contribution < 1.29 is 9.53 Å². The number of hydrazone groups is 1. The van der Waals surface area contributed by atoms with E-state index >= 15 is 0 Å². The van der Waals surface area contributed by atoms with Gasteiger partial charge in [-0.1, -0.05) is 71.4 Å². The largest absolute Gasteiger partial charge is 0.494 e. The van der Waals surface area contributed by atoms with Gasteiger partial charge in [0.15, 0.2) is 11.0 Å². The van der Waals surface area contributed by atoms with Crippen molar-refractivity contribution in [3.63, 3.8) is 0 Å². The number of thioether (sulfide) groups is 1. The van der Waals surface area contributed by atoms with Crippen LogP contribution >= 0.6 is 35.0 Å². The molecule has 1 N–H and O–H groups in total. The Kier molecular flexibility index (Phi) is 8.41. The predicted octanol–water partition coefficient (Wildman–Crippen LogP) is 5.88. The Morgan fingerprint density at radius 1 is 1.03 bits per heavy atom. The predicted molar refractivity (Wildman–Crippen MR) is 141 cm³/mol. The van der Waals surface area contributed by atoms with Crippen LogP contribution < -0.4 is 10.2 Å². The van der Waals surface area contributed by atoms with Gasteiger partial charge in [-0.15, -0.1) is 10.2 Å². The molecule has 0 unspecified atom stereocenters. The quantitative estimate of drug-likeness (QED) is 0.167. The van der Waals surface area contributed by atoms with Gasteiger partial charge in [-0.2, -0.15) is 5.10 Å². The maximum absolute atomic E-state index is 12.4. The Bertz CT molecular complexity index is 1310. The summed E-state index contributed by atoms with van der Waals surface area (Å²) in [5.74, 6) is 1.22. The second-order valence-electron chi connectivity index (χ2n) is 7.15. The van der Waals surface area contributed by atoms with E-state index in [4.69, 9.17) is 27.9 Å². The van der Waals surface area contributed by atoms with Crippen molar-refractivity contribution in [3.8, 4) is 22.8 Å². The molecule has 0 atom stereocenters. The molecule has 178 valence electrons. The maximum atomic E-state index is 12.4. The highest BCUT2D eigenvalue weighted by atomic mass is 35.5. The minimum Gasteiger partial charge on any atom is -0.494 e. The molecule has 10 heteroatoms. The molecular weight excluding hydrogens is 505 g/mol. The van der Waals surface area contributed by atoms with E-state index in [1.165, 1.54) is 18.0 Å². The van der Waals surface area contributed by atoms with Gasteiger partial charge in [-0.3, -0.25) is 9.36 Å². The number of hydrogen-bond donors (Lipinski definition) is 1. The minimum absolute atomic E-state index is 0.0809. The van der Waals surface area contributed by atoms with Gasteiger partial charge in [0.1, 0.15) is 5.75 Å². The maximum Gasteiger partial charge on any atom is 0.250 e. The summed E-state index contributed by atoms with van der Waals surface area (Å²) in [7, 11) is 0. The summed E-state index contributed by atoms with van der Waals surface area (Å²) in [6.07, 6.45) is 1.42. The Morgan fingerprint density at radius 3 is 2.43 bits per heavy atom. The molecule has 0 saturated carbocycles. The zero-order valence-corrected chi connectivity index (χ0v) is 21.0. The van der Waals surface area contributed by atoms with Gasteiger partial charge in [-0.05, 0) is 43.3 Å². The van der Waals surface area contributed by atoms with E-state index in [9.17, 15) is 4.79 Å². The third kappa shape index (κ3) is 6.22. The van der Waals surface area contributed by atoms with Crippen molar-refractivity contribution >= 4 is 47.1 Å². The van der Waals surface area contributed by atoms with Crippen LogP contribution in [0.4, 0.5) is 0 Å². The highest BCUT2D eigenvalue weighted by Gasteiger charge is 2.17. The molecule has 0 bridgehead atoms. The van der Waals surface area contributed by atoms with Crippen molar-refractivity contribution in [3.05, 3.63) is 88.4 Å². The summed E-state index contributed by atoms with van der Waals surface area (Å²) < 4.78 is 7.47. The van der Waals surface area contributed by atoms with Crippen molar-refractivity contribution in [2.45, 2.75) is 12.1 Å². The topological polar surface area (TPSA) is 81.4 Å². The second-order valence-corrected chi connectivity index (χ2v) is 8.91. The molecule has 0 spiro atoms. The molecule has 0 radical (unpaired) electrons. The van der Waals surface area contributed by atoms with Crippen LogP contribution in [0.2, 0.25) is 10.0 Å². The molecule has 1 aromatic heterocycles.